The average molecular weight is 233 g/mol. The fourth-order valence-electron chi connectivity index (χ4n) is 2.67. The van der Waals surface area contributed by atoms with Crippen LogP contribution in [0.3, 0.4) is 0 Å². The predicted octanol–water partition coefficient (Wildman–Crippen LogP) is 2.55. The van der Waals surface area contributed by atoms with Crippen LogP contribution < -0.4 is 4.90 Å². The minimum absolute atomic E-state index is 0.275. The van der Waals surface area contributed by atoms with Crippen molar-refractivity contribution >= 4 is 11.7 Å². The molecule has 1 aliphatic rings. The molecule has 92 valence electrons. The maximum absolute atomic E-state index is 10.9. The van der Waals surface area contributed by atoms with Crippen LogP contribution in [-0.2, 0) is 11.2 Å². The van der Waals surface area contributed by atoms with Gasteiger partial charge in [0.05, 0.1) is 5.92 Å². The number of carboxylic acids is 1. The Hall–Kier alpha value is -1.51. The van der Waals surface area contributed by atoms with Gasteiger partial charge >= 0.3 is 5.97 Å². The second-order valence-electron chi connectivity index (χ2n) is 4.75. The second kappa shape index (κ2) is 4.78. The van der Waals surface area contributed by atoms with Gasteiger partial charge in [0, 0.05) is 18.3 Å². The maximum Gasteiger partial charge on any atom is 0.306 e. The van der Waals surface area contributed by atoms with Crippen molar-refractivity contribution in [3.63, 3.8) is 0 Å². The summed E-state index contributed by atoms with van der Waals surface area (Å²) in [6.07, 6.45) is 1.69. The van der Waals surface area contributed by atoms with E-state index in [0.717, 1.165) is 19.4 Å². The van der Waals surface area contributed by atoms with Crippen molar-refractivity contribution in [3.05, 3.63) is 29.8 Å². The third-order valence-corrected chi connectivity index (χ3v) is 3.59. The van der Waals surface area contributed by atoms with Crippen molar-refractivity contribution in [2.75, 3.05) is 11.4 Å². The largest absolute Gasteiger partial charge is 0.481 e. The van der Waals surface area contributed by atoms with Crippen LogP contribution in [0, 0.1) is 5.92 Å². The van der Waals surface area contributed by atoms with E-state index in [1.54, 1.807) is 6.92 Å². The topological polar surface area (TPSA) is 40.5 Å². The van der Waals surface area contributed by atoms with Crippen molar-refractivity contribution < 1.29 is 9.90 Å². The van der Waals surface area contributed by atoms with Crippen LogP contribution in [0.15, 0.2) is 24.3 Å². The summed E-state index contributed by atoms with van der Waals surface area (Å²) in [5, 5.41) is 9.00. The molecule has 2 unspecified atom stereocenters. The molecule has 1 aliphatic heterocycles. The minimum atomic E-state index is -0.697. The van der Waals surface area contributed by atoms with Gasteiger partial charge < -0.3 is 10.0 Å². The van der Waals surface area contributed by atoms with Gasteiger partial charge in [-0.3, -0.25) is 4.79 Å². The number of aliphatic carboxylic acids is 1. The molecule has 0 amide bonds. The van der Waals surface area contributed by atoms with E-state index in [-0.39, 0.29) is 5.92 Å². The lowest BCUT2D eigenvalue weighted by atomic mass is 9.99. The quantitative estimate of drug-likeness (QED) is 0.868. The Labute approximate surface area is 102 Å². The van der Waals surface area contributed by atoms with E-state index in [1.165, 1.54) is 11.3 Å². The monoisotopic (exact) mass is 233 g/mol. The molecule has 0 saturated carbocycles. The van der Waals surface area contributed by atoms with Gasteiger partial charge in [-0.25, -0.2) is 0 Å². The van der Waals surface area contributed by atoms with Gasteiger partial charge in [-0.2, -0.15) is 0 Å². The molecule has 17 heavy (non-hydrogen) atoms. The number of benzene rings is 1. The third kappa shape index (κ3) is 2.28. The molecule has 0 spiro atoms. The van der Waals surface area contributed by atoms with Crippen LogP contribution in [0.1, 0.15) is 25.8 Å². The number of hydrogen-bond donors (Lipinski definition) is 1. The van der Waals surface area contributed by atoms with Crippen LogP contribution in [0.5, 0.6) is 0 Å². The smallest absolute Gasteiger partial charge is 0.306 e. The summed E-state index contributed by atoms with van der Waals surface area (Å²) in [4.78, 5) is 13.3. The number of rotatable bonds is 4. The van der Waals surface area contributed by atoms with Gasteiger partial charge in [0.15, 0.2) is 0 Å². The molecule has 0 fully saturated rings. The molecule has 1 aromatic rings. The molecule has 1 N–H and O–H groups in total. The van der Waals surface area contributed by atoms with Gasteiger partial charge in [0.25, 0.3) is 0 Å². The number of fused-ring (bicyclic) bond motifs is 1. The Bertz CT molecular complexity index is 416. The van der Waals surface area contributed by atoms with E-state index < -0.39 is 5.97 Å². The van der Waals surface area contributed by atoms with Crippen LogP contribution in [-0.4, -0.2) is 23.7 Å². The Morgan fingerprint density at radius 2 is 2.24 bits per heavy atom. The van der Waals surface area contributed by atoms with Gasteiger partial charge in [-0.1, -0.05) is 25.1 Å². The summed E-state index contributed by atoms with van der Waals surface area (Å²) in [7, 11) is 0. The van der Waals surface area contributed by atoms with Gasteiger partial charge in [0.2, 0.25) is 0 Å². The molecule has 3 nitrogen and oxygen atoms in total. The summed E-state index contributed by atoms with van der Waals surface area (Å²) in [6.45, 7) is 4.85. The number of nitrogens with zero attached hydrogens (tertiary/aromatic N) is 1. The van der Waals surface area contributed by atoms with E-state index in [4.69, 9.17) is 5.11 Å². The minimum Gasteiger partial charge on any atom is -0.481 e. The molecule has 3 heteroatoms. The van der Waals surface area contributed by atoms with Crippen molar-refractivity contribution in [2.24, 2.45) is 5.92 Å². The molecule has 1 heterocycles. The highest BCUT2D eigenvalue weighted by atomic mass is 16.4. The molecule has 0 aliphatic carbocycles. The Morgan fingerprint density at radius 3 is 2.88 bits per heavy atom. The summed E-state index contributed by atoms with van der Waals surface area (Å²) < 4.78 is 0. The highest BCUT2D eigenvalue weighted by Crippen LogP contribution is 2.34. The van der Waals surface area contributed by atoms with E-state index in [0.29, 0.717) is 6.04 Å². The molecule has 0 aromatic heterocycles. The predicted molar refractivity (Wildman–Crippen MR) is 68.4 cm³/mol. The lowest BCUT2D eigenvalue weighted by Crippen LogP contribution is -2.34. The molecular weight excluding hydrogens is 214 g/mol. The van der Waals surface area contributed by atoms with Crippen LogP contribution in [0.4, 0.5) is 5.69 Å². The number of carboxylic acid groups (broad SMARTS) is 1. The van der Waals surface area contributed by atoms with E-state index in [9.17, 15) is 4.79 Å². The van der Waals surface area contributed by atoms with E-state index >= 15 is 0 Å². The molecule has 0 radical (unpaired) electrons. The summed E-state index contributed by atoms with van der Waals surface area (Å²) in [5.41, 5.74) is 2.62. The first-order valence-electron chi connectivity index (χ1n) is 6.20. The summed E-state index contributed by atoms with van der Waals surface area (Å²) in [6, 6.07) is 8.71. The molecule has 1 aromatic carbocycles. The number of likely N-dealkylation sites (N-methyl/N-ethyl adjacent to an activating group) is 1. The van der Waals surface area contributed by atoms with Gasteiger partial charge in [-0.05, 0) is 31.4 Å². The maximum atomic E-state index is 10.9. The zero-order valence-corrected chi connectivity index (χ0v) is 10.4. The lowest BCUT2D eigenvalue weighted by molar-refractivity contribution is -0.141. The van der Waals surface area contributed by atoms with Crippen molar-refractivity contribution in [2.45, 2.75) is 32.7 Å². The number of para-hydroxylation sites is 1. The van der Waals surface area contributed by atoms with Crippen LogP contribution in [0.2, 0.25) is 0 Å². The fourth-order valence-corrected chi connectivity index (χ4v) is 2.67. The standard InChI is InChI=1S/C14H19NO2/c1-3-15-12(8-10(2)14(16)17)9-11-6-4-5-7-13(11)15/h4-7,10,12H,3,8-9H2,1-2H3,(H,16,17). The summed E-state index contributed by atoms with van der Waals surface area (Å²) in [5.74, 6) is -0.972. The SMILES string of the molecule is CCN1c2ccccc2CC1CC(C)C(=O)O. The van der Waals surface area contributed by atoms with E-state index in [2.05, 4.69) is 30.0 Å². The Kier molecular flexibility index (Phi) is 3.36. The fraction of sp³-hybridized carbons (Fsp3) is 0.500. The van der Waals surface area contributed by atoms with Gasteiger partial charge in [-0.15, -0.1) is 0 Å². The number of carbonyl (C=O) groups is 1. The molecule has 0 bridgehead atoms. The average Bonchev–Trinajstić information content (AvgIpc) is 2.65. The molecule has 2 rings (SSSR count). The molecular formula is C14H19NO2. The second-order valence-corrected chi connectivity index (χ2v) is 4.75. The number of anilines is 1. The van der Waals surface area contributed by atoms with Crippen molar-refractivity contribution in [1.29, 1.82) is 0 Å². The first-order valence-corrected chi connectivity index (χ1v) is 6.20. The first-order chi connectivity index (χ1) is 8.13. The van der Waals surface area contributed by atoms with Gasteiger partial charge in [0.1, 0.15) is 0 Å². The third-order valence-electron chi connectivity index (χ3n) is 3.59. The number of hydrogen-bond acceptors (Lipinski definition) is 2. The zero-order chi connectivity index (χ0) is 12.4. The van der Waals surface area contributed by atoms with Crippen molar-refractivity contribution in [3.8, 4) is 0 Å². The van der Waals surface area contributed by atoms with Crippen molar-refractivity contribution in [1.82, 2.24) is 0 Å². The molecule has 2 atom stereocenters. The highest BCUT2D eigenvalue weighted by molar-refractivity contribution is 5.70. The van der Waals surface area contributed by atoms with Crippen LogP contribution >= 0.6 is 0 Å². The molecule has 0 saturated heterocycles. The van der Waals surface area contributed by atoms with Crippen LogP contribution in [0.25, 0.3) is 0 Å². The first kappa shape index (κ1) is 12.0. The highest BCUT2D eigenvalue weighted by Gasteiger charge is 2.30. The Balaban J connectivity index is 2.15. The lowest BCUT2D eigenvalue weighted by Gasteiger charge is -2.27. The zero-order valence-electron chi connectivity index (χ0n) is 10.4. The van der Waals surface area contributed by atoms with E-state index in [1.807, 2.05) is 6.07 Å². The normalized spacial score (nSPS) is 20.1. The Morgan fingerprint density at radius 1 is 1.53 bits per heavy atom. The summed E-state index contributed by atoms with van der Waals surface area (Å²) >= 11 is 0.